The van der Waals surface area contributed by atoms with Gasteiger partial charge in [-0.2, -0.15) is 5.10 Å². The number of nitrogens with zero attached hydrogens (tertiary/aromatic N) is 2. The molecule has 1 N–H and O–H groups in total. The molecule has 1 aromatic heterocycles. The smallest absolute Gasteiger partial charge is 0.162 e. The zero-order valence-electron chi connectivity index (χ0n) is 11.9. The van der Waals surface area contributed by atoms with Crippen LogP contribution in [0.15, 0.2) is 17.8 Å². The van der Waals surface area contributed by atoms with Crippen molar-refractivity contribution in [3.63, 3.8) is 0 Å². The summed E-state index contributed by atoms with van der Waals surface area (Å²) in [4.78, 5) is 0. The summed E-state index contributed by atoms with van der Waals surface area (Å²) in [5, 5.41) is 14.8. The standard InChI is InChI=1S/C15H24N2O2/c1-3-9-17-15(14(19-2)11-16-17)13(18)10-12-7-5-4-6-8-12/h7,11,13,18H,3-6,8-10H2,1-2H3. The summed E-state index contributed by atoms with van der Waals surface area (Å²) in [6.07, 6.45) is 9.92. The molecule has 106 valence electrons. The quantitative estimate of drug-likeness (QED) is 0.802. The van der Waals surface area contributed by atoms with Gasteiger partial charge in [-0.1, -0.05) is 18.6 Å². The molecule has 2 rings (SSSR count). The highest BCUT2D eigenvalue weighted by Gasteiger charge is 2.21. The lowest BCUT2D eigenvalue weighted by Crippen LogP contribution is -2.11. The molecular formula is C15H24N2O2. The lowest BCUT2D eigenvalue weighted by atomic mass is 9.94. The number of ether oxygens (including phenoxy) is 1. The molecule has 0 aliphatic heterocycles. The Morgan fingerprint density at radius 2 is 2.32 bits per heavy atom. The van der Waals surface area contributed by atoms with Crippen molar-refractivity contribution >= 4 is 0 Å². The maximum Gasteiger partial charge on any atom is 0.162 e. The summed E-state index contributed by atoms with van der Waals surface area (Å²) in [6, 6.07) is 0. The van der Waals surface area contributed by atoms with Crippen LogP contribution in [0.3, 0.4) is 0 Å². The van der Waals surface area contributed by atoms with Crippen LogP contribution in [0.1, 0.15) is 57.2 Å². The second-order valence-electron chi connectivity index (χ2n) is 5.15. The van der Waals surface area contributed by atoms with Crippen molar-refractivity contribution in [1.82, 2.24) is 9.78 Å². The maximum absolute atomic E-state index is 10.5. The van der Waals surface area contributed by atoms with E-state index in [1.807, 2.05) is 4.68 Å². The van der Waals surface area contributed by atoms with Gasteiger partial charge in [-0.05, 0) is 32.1 Å². The molecule has 0 aromatic carbocycles. The van der Waals surface area contributed by atoms with Crippen LogP contribution in [0.2, 0.25) is 0 Å². The summed E-state index contributed by atoms with van der Waals surface area (Å²) >= 11 is 0. The topological polar surface area (TPSA) is 47.3 Å². The molecule has 19 heavy (non-hydrogen) atoms. The molecule has 0 radical (unpaired) electrons. The van der Waals surface area contributed by atoms with Crippen LogP contribution in [0.5, 0.6) is 5.75 Å². The van der Waals surface area contributed by atoms with Crippen LogP contribution in [-0.2, 0) is 6.54 Å². The Kier molecular flexibility index (Phi) is 5.02. The maximum atomic E-state index is 10.5. The van der Waals surface area contributed by atoms with Gasteiger partial charge in [0, 0.05) is 13.0 Å². The second kappa shape index (κ2) is 6.75. The van der Waals surface area contributed by atoms with Crippen molar-refractivity contribution in [3.8, 4) is 5.75 Å². The predicted molar refractivity (Wildman–Crippen MR) is 75.2 cm³/mol. The van der Waals surface area contributed by atoms with Gasteiger partial charge in [0.1, 0.15) is 11.8 Å². The van der Waals surface area contributed by atoms with Gasteiger partial charge < -0.3 is 9.84 Å². The van der Waals surface area contributed by atoms with Crippen LogP contribution in [0.4, 0.5) is 0 Å². The minimum Gasteiger partial charge on any atom is -0.493 e. The molecular weight excluding hydrogens is 240 g/mol. The van der Waals surface area contributed by atoms with Gasteiger partial charge in [0.15, 0.2) is 5.75 Å². The lowest BCUT2D eigenvalue weighted by Gasteiger charge is -2.18. The van der Waals surface area contributed by atoms with E-state index in [-0.39, 0.29) is 0 Å². The van der Waals surface area contributed by atoms with E-state index in [4.69, 9.17) is 4.74 Å². The van der Waals surface area contributed by atoms with Crippen molar-refractivity contribution in [2.24, 2.45) is 0 Å². The first-order chi connectivity index (χ1) is 9.26. The number of aromatic nitrogens is 2. The van der Waals surface area contributed by atoms with E-state index in [0.29, 0.717) is 12.2 Å². The Bertz CT molecular complexity index is 437. The van der Waals surface area contributed by atoms with Crippen molar-refractivity contribution in [2.75, 3.05) is 7.11 Å². The predicted octanol–water partition coefficient (Wildman–Crippen LogP) is 3.23. The lowest BCUT2D eigenvalue weighted by molar-refractivity contribution is 0.160. The molecule has 0 saturated carbocycles. The first kappa shape index (κ1) is 14.1. The van der Waals surface area contributed by atoms with E-state index in [1.165, 1.54) is 18.4 Å². The molecule has 1 aliphatic rings. The van der Waals surface area contributed by atoms with Crippen LogP contribution in [0.25, 0.3) is 0 Å². The first-order valence-corrected chi connectivity index (χ1v) is 7.22. The molecule has 0 spiro atoms. The average molecular weight is 264 g/mol. The zero-order chi connectivity index (χ0) is 13.7. The van der Waals surface area contributed by atoms with Crippen LogP contribution >= 0.6 is 0 Å². The summed E-state index contributed by atoms with van der Waals surface area (Å²) in [5.41, 5.74) is 2.18. The van der Waals surface area contributed by atoms with Gasteiger partial charge >= 0.3 is 0 Å². The molecule has 1 atom stereocenters. The minimum atomic E-state index is -0.520. The Labute approximate surface area is 115 Å². The monoisotopic (exact) mass is 264 g/mol. The van der Waals surface area contributed by atoms with E-state index >= 15 is 0 Å². The highest BCUT2D eigenvalue weighted by Crippen LogP contribution is 2.32. The van der Waals surface area contributed by atoms with Crippen LogP contribution < -0.4 is 4.74 Å². The second-order valence-corrected chi connectivity index (χ2v) is 5.15. The Balaban J connectivity index is 2.14. The summed E-state index contributed by atoms with van der Waals surface area (Å²) in [5.74, 6) is 0.692. The van der Waals surface area contributed by atoms with E-state index in [1.54, 1.807) is 13.3 Å². The average Bonchev–Trinajstić information content (AvgIpc) is 2.83. The molecule has 0 amide bonds. The normalized spacial score (nSPS) is 17.1. The number of allylic oxidation sites excluding steroid dienone is 1. The van der Waals surface area contributed by atoms with Gasteiger partial charge in [-0.15, -0.1) is 0 Å². The number of aliphatic hydroxyl groups excluding tert-OH is 1. The first-order valence-electron chi connectivity index (χ1n) is 7.22. The fourth-order valence-electron chi connectivity index (χ4n) is 2.70. The molecule has 1 aliphatic carbocycles. The number of hydrogen-bond acceptors (Lipinski definition) is 3. The third-order valence-corrected chi connectivity index (χ3v) is 3.66. The number of methoxy groups -OCH3 is 1. The third kappa shape index (κ3) is 3.38. The van der Waals surface area contributed by atoms with Crippen molar-refractivity contribution in [3.05, 3.63) is 23.5 Å². The van der Waals surface area contributed by atoms with Gasteiger partial charge in [-0.3, -0.25) is 4.68 Å². The van der Waals surface area contributed by atoms with Gasteiger partial charge in [-0.25, -0.2) is 0 Å². The number of aliphatic hydroxyl groups is 1. The summed E-state index contributed by atoms with van der Waals surface area (Å²) < 4.78 is 7.19. The van der Waals surface area contributed by atoms with E-state index < -0.39 is 6.10 Å². The van der Waals surface area contributed by atoms with Gasteiger partial charge in [0.05, 0.1) is 13.3 Å². The van der Waals surface area contributed by atoms with Crippen molar-refractivity contribution in [1.29, 1.82) is 0 Å². The molecule has 0 bridgehead atoms. The van der Waals surface area contributed by atoms with Gasteiger partial charge in [0.2, 0.25) is 0 Å². The van der Waals surface area contributed by atoms with Crippen LogP contribution in [-0.4, -0.2) is 22.0 Å². The molecule has 4 nitrogen and oxygen atoms in total. The highest BCUT2D eigenvalue weighted by atomic mass is 16.5. The SMILES string of the molecule is CCCn1ncc(OC)c1C(O)CC1=CCCCC1. The molecule has 0 fully saturated rings. The zero-order valence-corrected chi connectivity index (χ0v) is 11.9. The van der Waals surface area contributed by atoms with Crippen molar-refractivity contribution < 1.29 is 9.84 Å². The van der Waals surface area contributed by atoms with E-state index in [2.05, 4.69) is 18.1 Å². The Hall–Kier alpha value is -1.29. The molecule has 1 aromatic rings. The molecule has 4 heteroatoms. The molecule has 1 heterocycles. The number of hydrogen-bond donors (Lipinski definition) is 1. The molecule has 1 unspecified atom stereocenters. The van der Waals surface area contributed by atoms with E-state index in [0.717, 1.165) is 31.5 Å². The molecule has 0 saturated heterocycles. The summed E-state index contributed by atoms with van der Waals surface area (Å²) in [7, 11) is 1.63. The fourth-order valence-corrected chi connectivity index (χ4v) is 2.70. The Morgan fingerprint density at radius 3 is 2.95 bits per heavy atom. The third-order valence-electron chi connectivity index (χ3n) is 3.66. The Morgan fingerprint density at radius 1 is 1.47 bits per heavy atom. The summed E-state index contributed by atoms with van der Waals surface area (Å²) in [6.45, 7) is 2.92. The number of aryl methyl sites for hydroxylation is 1. The van der Waals surface area contributed by atoms with Crippen LogP contribution in [0, 0.1) is 0 Å². The largest absolute Gasteiger partial charge is 0.493 e. The highest BCUT2D eigenvalue weighted by molar-refractivity contribution is 5.28. The van der Waals surface area contributed by atoms with Gasteiger partial charge in [0.25, 0.3) is 0 Å². The number of rotatable bonds is 6. The fraction of sp³-hybridized carbons (Fsp3) is 0.667. The van der Waals surface area contributed by atoms with Crippen molar-refractivity contribution in [2.45, 2.75) is 58.1 Å². The minimum absolute atomic E-state index is 0.520. The van der Waals surface area contributed by atoms with E-state index in [9.17, 15) is 5.11 Å².